The minimum absolute atomic E-state index is 0.0316. The number of rotatable bonds is 3. The van der Waals surface area contributed by atoms with Crippen molar-refractivity contribution >= 4 is 28.3 Å². The molecule has 0 aliphatic carbocycles. The van der Waals surface area contributed by atoms with Crippen LogP contribution in [0.5, 0.6) is 11.5 Å². The standard InChI is InChI=1S/C27H17ClN2O3/c28-18-10-8-17(9-11-18)27(31)32-19-12-13-22-24(14-19)33-26(30)23(15-29)25(22)21-7-3-5-16-4-1-2-6-20(16)21/h1-14,25H,30H2. The molecule has 0 fully saturated rings. The van der Waals surface area contributed by atoms with E-state index in [2.05, 4.69) is 6.07 Å². The van der Waals surface area contributed by atoms with Gasteiger partial charge in [-0.15, -0.1) is 0 Å². The zero-order valence-electron chi connectivity index (χ0n) is 17.3. The molecule has 0 radical (unpaired) electrons. The first-order valence-corrected chi connectivity index (χ1v) is 10.6. The van der Waals surface area contributed by atoms with Gasteiger partial charge >= 0.3 is 5.97 Å². The van der Waals surface area contributed by atoms with Gasteiger partial charge in [0, 0.05) is 16.7 Å². The first-order chi connectivity index (χ1) is 16.0. The normalized spacial score (nSPS) is 14.8. The van der Waals surface area contributed by atoms with E-state index in [1.807, 2.05) is 42.5 Å². The Balaban J connectivity index is 1.56. The minimum Gasteiger partial charge on any atom is -0.440 e. The molecule has 0 saturated carbocycles. The second kappa shape index (κ2) is 8.34. The van der Waals surface area contributed by atoms with Gasteiger partial charge in [-0.3, -0.25) is 0 Å². The molecule has 4 aromatic carbocycles. The lowest BCUT2D eigenvalue weighted by Crippen LogP contribution is -2.21. The second-order valence-corrected chi connectivity index (χ2v) is 8.03. The monoisotopic (exact) mass is 452 g/mol. The van der Waals surface area contributed by atoms with Crippen LogP contribution in [0.25, 0.3) is 10.8 Å². The van der Waals surface area contributed by atoms with Crippen molar-refractivity contribution in [2.45, 2.75) is 5.92 Å². The Hall–Kier alpha value is -4.27. The predicted molar refractivity (Wildman–Crippen MR) is 126 cm³/mol. The van der Waals surface area contributed by atoms with E-state index in [1.54, 1.807) is 42.5 Å². The molecular formula is C27H17ClN2O3. The SMILES string of the molecule is N#CC1=C(N)Oc2cc(OC(=O)c3ccc(Cl)cc3)ccc2C1c1cccc2ccccc12. The first-order valence-electron chi connectivity index (χ1n) is 10.2. The van der Waals surface area contributed by atoms with Crippen LogP contribution in [0.3, 0.4) is 0 Å². The van der Waals surface area contributed by atoms with Gasteiger partial charge in [0.1, 0.15) is 23.1 Å². The lowest BCUT2D eigenvalue weighted by atomic mass is 9.81. The van der Waals surface area contributed by atoms with Gasteiger partial charge in [-0.05, 0) is 46.7 Å². The summed E-state index contributed by atoms with van der Waals surface area (Å²) in [5.74, 6) is -0.159. The van der Waals surface area contributed by atoms with Crippen LogP contribution in [0.15, 0.2) is 96.4 Å². The number of nitrogens with two attached hydrogens (primary N) is 1. The fourth-order valence-electron chi connectivity index (χ4n) is 4.07. The van der Waals surface area contributed by atoms with Crippen molar-refractivity contribution in [1.29, 1.82) is 5.26 Å². The third-order valence-electron chi connectivity index (χ3n) is 5.62. The summed E-state index contributed by atoms with van der Waals surface area (Å²) >= 11 is 5.89. The van der Waals surface area contributed by atoms with Crippen LogP contribution in [0.4, 0.5) is 0 Å². The first kappa shape index (κ1) is 20.6. The summed E-state index contributed by atoms with van der Waals surface area (Å²) in [6, 6.07) is 27.7. The van der Waals surface area contributed by atoms with Crippen LogP contribution in [0.1, 0.15) is 27.4 Å². The molecule has 33 heavy (non-hydrogen) atoms. The zero-order valence-corrected chi connectivity index (χ0v) is 18.0. The maximum Gasteiger partial charge on any atom is 0.343 e. The quantitative estimate of drug-likeness (QED) is 0.307. The average molecular weight is 453 g/mol. The lowest BCUT2D eigenvalue weighted by Gasteiger charge is -2.27. The Kier molecular flexibility index (Phi) is 5.21. The topological polar surface area (TPSA) is 85.3 Å². The Bertz CT molecular complexity index is 1460. The van der Waals surface area contributed by atoms with Crippen LogP contribution in [0.2, 0.25) is 5.02 Å². The molecule has 1 aliphatic heterocycles. The number of esters is 1. The third kappa shape index (κ3) is 3.78. The van der Waals surface area contributed by atoms with Crippen LogP contribution in [0, 0.1) is 11.3 Å². The number of carbonyl (C=O) groups is 1. The van der Waals surface area contributed by atoms with E-state index in [0.29, 0.717) is 27.7 Å². The highest BCUT2D eigenvalue weighted by atomic mass is 35.5. The molecule has 5 rings (SSSR count). The average Bonchev–Trinajstić information content (AvgIpc) is 2.83. The molecule has 4 aromatic rings. The predicted octanol–water partition coefficient (Wildman–Crippen LogP) is 5.93. The van der Waals surface area contributed by atoms with Crippen molar-refractivity contribution in [1.82, 2.24) is 0 Å². The van der Waals surface area contributed by atoms with Gasteiger partial charge in [-0.2, -0.15) is 5.26 Å². The van der Waals surface area contributed by atoms with E-state index in [-0.39, 0.29) is 5.88 Å². The Labute approximate surface area is 195 Å². The highest BCUT2D eigenvalue weighted by Crippen LogP contribution is 2.45. The van der Waals surface area contributed by atoms with E-state index < -0.39 is 11.9 Å². The molecule has 6 heteroatoms. The van der Waals surface area contributed by atoms with Gasteiger partial charge in [0.2, 0.25) is 5.88 Å². The molecule has 160 valence electrons. The minimum atomic E-state index is -0.519. The smallest absolute Gasteiger partial charge is 0.343 e. The molecular weight excluding hydrogens is 436 g/mol. The van der Waals surface area contributed by atoms with E-state index in [4.69, 9.17) is 26.8 Å². The van der Waals surface area contributed by atoms with Crippen LogP contribution in [-0.4, -0.2) is 5.97 Å². The Morgan fingerprint density at radius 3 is 2.52 bits per heavy atom. The molecule has 0 bridgehead atoms. The molecule has 5 nitrogen and oxygen atoms in total. The van der Waals surface area contributed by atoms with Crippen molar-refractivity contribution in [2.75, 3.05) is 0 Å². The summed E-state index contributed by atoms with van der Waals surface area (Å²) in [6.45, 7) is 0. The molecule has 0 aromatic heterocycles. The van der Waals surface area contributed by atoms with E-state index in [9.17, 15) is 10.1 Å². The Morgan fingerprint density at radius 1 is 0.970 bits per heavy atom. The van der Waals surface area contributed by atoms with Gasteiger partial charge in [-0.1, -0.05) is 60.1 Å². The van der Waals surface area contributed by atoms with Crippen LogP contribution < -0.4 is 15.2 Å². The number of fused-ring (bicyclic) bond motifs is 2. The molecule has 0 spiro atoms. The fraction of sp³-hybridized carbons (Fsp3) is 0.0370. The van der Waals surface area contributed by atoms with Crippen molar-refractivity contribution in [3.8, 4) is 17.6 Å². The van der Waals surface area contributed by atoms with Gasteiger partial charge in [0.05, 0.1) is 11.5 Å². The summed E-state index contributed by atoms with van der Waals surface area (Å²) < 4.78 is 11.3. The van der Waals surface area contributed by atoms with E-state index in [0.717, 1.165) is 21.9 Å². The van der Waals surface area contributed by atoms with Gasteiger partial charge in [-0.25, -0.2) is 4.79 Å². The van der Waals surface area contributed by atoms with Crippen LogP contribution >= 0.6 is 11.6 Å². The van der Waals surface area contributed by atoms with Gasteiger partial charge < -0.3 is 15.2 Å². The van der Waals surface area contributed by atoms with Crippen molar-refractivity contribution < 1.29 is 14.3 Å². The molecule has 0 amide bonds. The summed E-state index contributed by atoms with van der Waals surface area (Å²) in [4.78, 5) is 12.5. The second-order valence-electron chi connectivity index (χ2n) is 7.59. The number of nitrogens with zero attached hydrogens (tertiary/aromatic N) is 1. The number of allylic oxidation sites excluding steroid dienone is 1. The van der Waals surface area contributed by atoms with Crippen molar-refractivity contribution in [2.24, 2.45) is 5.73 Å². The fourth-order valence-corrected chi connectivity index (χ4v) is 4.20. The summed E-state index contributed by atoms with van der Waals surface area (Å²) in [7, 11) is 0. The highest BCUT2D eigenvalue weighted by Gasteiger charge is 2.32. The molecule has 1 atom stereocenters. The summed E-state index contributed by atoms with van der Waals surface area (Å²) in [5, 5.41) is 12.5. The number of hydrogen-bond acceptors (Lipinski definition) is 5. The van der Waals surface area contributed by atoms with Crippen molar-refractivity contribution in [3.63, 3.8) is 0 Å². The number of halogens is 1. The Morgan fingerprint density at radius 2 is 1.73 bits per heavy atom. The maximum atomic E-state index is 12.5. The van der Waals surface area contributed by atoms with E-state index >= 15 is 0 Å². The highest BCUT2D eigenvalue weighted by molar-refractivity contribution is 6.30. The van der Waals surface area contributed by atoms with Gasteiger partial charge in [0.15, 0.2) is 0 Å². The number of hydrogen-bond donors (Lipinski definition) is 1. The molecule has 1 heterocycles. The summed E-state index contributed by atoms with van der Waals surface area (Å²) in [5.41, 5.74) is 8.57. The largest absolute Gasteiger partial charge is 0.440 e. The number of ether oxygens (including phenoxy) is 2. The maximum absolute atomic E-state index is 12.5. The lowest BCUT2D eigenvalue weighted by molar-refractivity contribution is 0.0734. The molecule has 2 N–H and O–H groups in total. The summed E-state index contributed by atoms with van der Waals surface area (Å²) in [6.07, 6.45) is 0. The number of benzene rings is 4. The van der Waals surface area contributed by atoms with E-state index in [1.165, 1.54) is 0 Å². The molecule has 0 saturated heterocycles. The molecule has 1 aliphatic rings. The zero-order chi connectivity index (χ0) is 22.9. The molecule has 1 unspecified atom stereocenters. The third-order valence-corrected chi connectivity index (χ3v) is 5.87. The van der Waals surface area contributed by atoms with Crippen LogP contribution in [-0.2, 0) is 0 Å². The number of nitriles is 1. The number of carbonyl (C=O) groups excluding carboxylic acids is 1. The van der Waals surface area contributed by atoms with Crippen molar-refractivity contribution in [3.05, 3.63) is 118 Å². The van der Waals surface area contributed by atoms with Gasteiger partial charge in [0.25, 0.3) is 0 Å².